The molecule has 6 heteroatoms. The van der Waals surface area contributed by atoms with E-state index in [2.05, 4.69) is 4.98 Å². The van der Waals surface area contributed by atoms with Crippen LogP contribution in [0.2, 0.25) is 0 Å². The molecule has 0 spiro atoms. The van der Waals surface area contributed by atoms with Crippen LogP contribution in [0.25, 0.3) is 0 Å². The van der Waals surface area contributed by atoms with Crippen LogP contribution in [0.4, 0.5) is 0 Å². The number of quaternary nitrogens is 1. The van der Waals surface area contributed by atoms with Crippen molar-refractivity contribution in [3.05, 3.63) is 46.3 Å². The van der Waals surface area contributed by atoms with E-state index >= 15 is 0 Å². The van der Waals surface area contributed by atoms with E-state index in [1.807, 2.05) is 39.0 Å². The van der Waals surface area contributed by atoms with Gasteiger partial charge < -0.3 is 19.4 Å². The van der Waals surface area contributed by atoms with Crippen molar-refractivity contribution in [3.63, 3.8) is 0 Å². The van der Waals surface area contributed by atoms with E-state index in [0.29, 0.717) is 11.3 Å². The summed E-state index contributed by atoms with van der Waals surface area (Å²) in [5, 5.41) is 0. The third kappa shape index (κ3) is 3.81. The first-order valence-corrected chi connectivity index (χ1v) is 10.1. The second kappa shape index (κ2) is 8.41. The molecule has 0 bridgehead atoms. The lowest BCUT2D eigenvalue weighted by molar-refractivity contribution is -0.931. The Kier molecular flexibility index (Phi) is 6.13. The van der Waals surface area contributed by atoms with Crippen LogP contribution < -0.4 is 14.4 Å². The highest BCUT2D eigenvalue weighted by Gasteiger charge is 2.40. The normalized spacial score (nSPS) is 19.8. The van der Waals surface area contributed by atoms with Gasteiger partial charge in [-0.15, -0.1) is 0 Å². The lowest BCUT2D eigenvalue weighted by Gasteiger charge is -2.28. The van der Waals surface area contributed by atoms with Gasteiger partial charge in [0.05, 0.1) is 32.0 Å². The molecule has 1 aromatic heterocycles. The molecule has 1 unspecified atom stereocenters. The SMILES string of the molecule is COc1ccc(OC)c([C@H]2CCC[NH+]2[C@H](C)C(=O)c2[nH]c(C)c(C(C)=O)c2C)c1. The highest BCUT2D eigenvalue weighted by atomic mass is 16.5. The highest BCUT2D eigenvalue weighted by molar-refractivity contribution is 6.04. The Balaban J connectivity index is 1.93. The van der Waals surface area contributed by atoms with Crippen LogP contribution in [-0.4, -0.2) is 43.4 Å². The standard InChI is InChI=1S/C23H30N2O4/c1-13-21(16(4)26)14(2)24-22(13)23(27)15(3)25-11-7-8-19(25)18-12-17(28-5)9-10-20(18)29-6/h9-10,12,15,19,24H,7-8,11H2,1-6H3/p+1/t15-,19-/m1/s1. The predicted octanol–water partition coefficient (Wildman–Crippen LogP) is 2.84. The number of nitrogens with one attached hydrogen (secondary N) is 2. The van der Waals surface area contributed by atoms with E-state index in [1.165, 1.54) is 11.8 Å². The van der Waals surface area contributed by atoms with Gasteiger partial charge in [-0.05, 0) is 51.5 Å². The van der Waals surface area contributed by atoms with Crippen molar-refractivity contribution < 1.29 is 24.0 Å². The van der Waals surface area contributed by atoms with Gasteiger partial charge in [0.15, 0.2) is 11.8 Å². The smallest absolute Gasteiger partial charge is 0.236 e. The van der Waals surface area contributed by atoms with Gasteiger partial charge >= 0.3 is 0 Å². The number of H-pyrrole nitrogens is 1. The van der Waals surface area contributed by atoms with Gasteiger partial charge in [-0.1, -0.05) is 0 Å². The first kappa shape index (κ1) is 21.1. The highest BCUT2D eigenvalue weighted by Crippen LogP contribution is 2.32. The summed E-state index contributed by atoms with van der Waals surface area (Å²) in [6.45, 7) is 8.12. The molecular formula is C23H31N2O4+. The van der Waals surface area contributed by atoms with Crippen LogP contribution in [-0.2, 0) is 0 Å². The predicted molar refractivity (Wildman–Crippen MR) is 111 cm³/mol. The Morgan fingerprint density at radius 3 is 2.52 bits per heavy atom. The van der Waals surface area contributed by atoms with E-state index < -0.39 is 0 Å². The molecule has 1 fully saturated rings. The maximum Gasteiger partial charge on any atom is 0.236 e. The molecule has 2 N–H and O–H groups in total. The van der Waals surface area contributed by atoms with E-state index in [9.17, 15) is 9.59 Å². The Hall–Kier alpha value is -2.60. The molecule has 1 aliphatic rings. The zero-order chi connectivity index (χ0) is 21.3. The number of likely N-dealkylation sites (tertiary alicyclic amines) is 1. The van der Waals surface area contributed by atoms with Gasteiger partial charge in [-0.2, -0.15) is 0 Å². The molecule has 3 rings (SSSR count). The number of aromatic nitrogens is 1. The summed E-state index contributed by atoms with van der Waals surface area (Å²) in [5.41, 5.74) is 3.76. The molecule has 29 heavy (non-hydrogen) atoms. The quantitative estimate of drug-likeness (QED) is 0.703. The van der Waals surface area contributed by atoms with E-state index in [0.717, 1.165) is 47.7 Å². The summed E-state index contributed by atoms with van der Waals surface area (Å²) in [6.07, 6.45) is 2.03. The molecule has 2 heterocycles. The minimum atomic E-state index is -0.241. The lowest BCUT2D eigenvalue weighted by Crippen LogP contribution is -3.14. The third-order valence-electron chi connectivity index (χ3n) is 6.20. The summed E-state index contributed by atoms with van der Waals surface area (Å²) in [6, 6.07) is 5.75. The number of carbonyl (C=O) groups excluding carboxylic acids is 2. The summed E-state index contributed by atoms with van der Waals surface area (Å²) in [4.78, 5) is 29.7. The van der Waals surface area contributed by atoms with Crippen LogP contribution in [0.3, 0.4) is 0 Å². The molecule has 1 aliphatic heterocycles. The summed E-state index contributed by atoms with van der Waals surface area (Å²) < 4.78 is 11.0. The number of methoxy groups -OCH3 is 2. The van der Waals surface area contributed by atoms with Gasteiger partial charge in [-0.25, -0.2) is 0 Å². The Labute approximate surface area is 172 Å². The maximum absolute atomic E-state index is 13.4. The van der Waals surface area contributed by atoms with Gasteiger partial charge in [0.1, 0.15) is 17.5 Å². The van der Waals surface area contributed by atoms with Crippen LogP contribution in [0.1, 0.15) is 70.4 Å². The van der Waals surface area contributed by atoms with Gasteiger partial charge in [0.25, 0.3) is 0 Å². The van der Waals surface area contributed by atoms with Crippen molar-refractivity contribution in [3.8, 4) is 11.5 Å². The second-order valence-corrected chi connectivity index (χ2v) is 7.89. The zero-order valence-corrected chi connectivity index (χ0v) is 18.1. The topological polar surface area (TPSA) is 72.8 Å². The molecule has 3 atom stereocenters. The molecule has 2 aromatic rings. The van der Waals surface area contributed by atoms with Crippen LogP contribution in [0.15, 0.2) is 18.2 Å². The second-order valence-electron chi connectivity index (χ2n) is 7.89. The monoisotopic (exact) mass is 399 g/mol. The Morgan fingerprint density at radius 2 is 1.93 bits per heavy atom. The third-order valence-corrected chi connectivity index (χ3v) is 6.20. The number of ketones is 2. The number of ether oxygens (including phenoxy) is 2. The minimum absolute atomic E-state index is 0.0181. The van der Waals surface area contributed by atoms with Crippen molar-refractivity contribution in [2.24, 2.45) is 0 Å². The van der Waals surface area contributed by atoms with Crippen molar-refractivity contribution in [2.45, 2.75) is 52.6 Å². The van der Waals surface area contributed by atoms with Gasteiger partial charge in [0, 0.05) is 24.1 Å². The number of rotatable bonds is 7. The average Bonchev–Trinajstić information content (AvgIpc) is 3.30. The van der Waals surface area contributed by atoms with Crippen LogP contribution >= 0.6 is 0 Å². The summed E-state index contributed by atoms with van der Waals surface area (Å²) >= 11 is 0. The van der Waals surface area contributed by atoms with Crippen molar-refractivity contribution in [2.75, 3.05) is 20.8 Å². The number of carbonyl (C=O) groups is 2. The fourth-order valence-corrected chi connectivity index (χ4v) is 4.76. The largest absolute Gasteiger partial charge is 0.497 e. The zero-order valence-electron chi connectivity index (χ0n) is 18.1. The number of hydrogen-bond acceptors (Lipinski definition) is 4. The number of benzene rings is 1. The van der Waals surface area contributed by atoms with Crippen molar-refractivity contribution in [1.29, 1.82) is 0 Å². The van der Waals surface area contributed by atoms with E-state index in [4.69, 9.17) is 9.47 Å². The Bertz CT molecular complexity index is 931. The van der Waals surface area contributed by atoms with E-state index in [1.54, 1.807) is 14.2 Å². The summed E-state index contributed by atoms with van der Waals surface area (Å²) in [7, 11) is 3.32. The number of Topliss-reactive ketones (excluding diaryl/α,β-unsaturated/α-hetero) is 2. The first-order chi connectivity index (χ1) is 13.8. The van der Waals surface area contributed by atoms with Crippen molar-refractivity contribution in [1.82, 2.24) is 4.98 Å². The fraction of sp³-hybridized carbons (Fsp3) is 0.478. The molecule has 0 aliphatic carbocycles. The summed E-state index contributed by atoms with van der Waals surface area (Å²) in [5.74, 6) is 1.63. The number of aryl methyl sites for hydroxylation is 1. The van der Waals surface area contributed by atoms with E-state index in [-0.39, 0.29) is 23.7 Å². The minimum Gasteiger partial charge on any atom is -0.497 e. The molecular weight excluding hydrogens is 368 g/mol. The van der Waals surface area contributed by atoms with Gasteiger partial charge in [-0.3, -0.25) is 9.59 Å². The molecule has 156 valence electrons. The molecule has 0 amide bonds. The number of hydrogen-bond donors (Lipinski definition) is 2. The van der Waals surface area contributed by atoms with Crippen molar-refractivity contribution >= 4 is 11.6 Å². The Morgan fingerprint density at radius 1 is 1.21 bits per heavy atom. The van der Waals surface area contributed by atoms with Gasteiger partial charge in [0.2, 0.25) is 5.78 Å². The van der Waals surface area contributed by atoms with Crippen LogP contribution in [0.5, 0.6) is 11.5 Å². The van der Waals surface area contributed by atoms with Crippen LogP contribution in [0, 0.1) is 13.8 Å². The molecule has 1 aromatic carbocycles. The molecule has 0 saturated carbocycles. The fourth-order valence-electron chi connectivity index (χ4n) is 4.76. The lowest BCUT2D eigenvalue weighted by atomic mass is 9.99. The first-order valence-electron chi connectivity index (χ1n) is 10.1. The average molecular weight is 400 g/mol. The number of aromatic amines is 1. The molecule has 6 nitrogen and oxygen atoms in total. The maximum atomic E-state index is 13.4. The molecule has 0 radical (unpaired) electrons. The molecule has 1 saturated heterocycles.